The van der Waals surface area contributed by atoms with Crippen molar-refractivity contribution in [3.8, 4) is 0 Å². The predicted octanol–water partition coefficient (Wildman–Crippen LogP) is 4.10. The molecule has 0 aliphatic rings. The third-order valence-electron chi connectivity index (χ3n) is 2.38. The van der Waals surface area contributed by atoms with Gasteiger partial charge in [0.15, 0.2) is 17.4 Å². The lowest BCUT2D eigenvalue weighted by Gasteiger charge is -2.04. The lowest BCUT2D eigenvalue weighted by atomic mass is 10.0. The molecule has 5 heteroatoms. The molecule has 0 fully saturated rings. The number of carbonyl (C=O) groups is 1. The monoisotopic (exact) mass is 314 g/mol. The van der Waals surface area contributed by atoms with Crippen molar-refractivity contribution >= 4 is 21.7 Å². The number of carbonyl (C=O) groups excluding carboxylic acids is 1. The van der Waals surface area contributed by atoms with Crippen molar-refractivity contribution in [1.82, 2.24) is 0 Å². The van der Waals surface area contributed by atoms with E-state index in [4.69, 9.17) is 0 Å². The van der Waals surface area contributed by atoms with Gasteiger partial charge in [-0.15, -0.1) is 0 Å². The van der Waals surface area contributed by atoms with Gasteiger partial charge in [0.25, 0.3) is 0 Å². The van der Waals surface area contributed by atoms with E-state index in [1.54, 1.807) is 0 Å². The van der Waals surface area contributed by atoms with E-state index in [2.05, 4.69) is 15.9 Å². The van der Waals surface area contributed by atoms with Crippen molar-refractivity contribution in [3.05, 3.63) is 69.4 Å². The van der Waals surface area contributed by atoms with Gasteiger partial charge in [-0.1, -0.05) is 6.07 Å². The number of hydrogen-bond donors (Lipinski definition) is 0. The van der Waals surface area contributed by atoms with E-state index in [1.165, 1.54) is 18.2 Å². The maximum atomic E-state index is 13.4. The number of halogens is 4. The van der Waals surface area contributed by atoms with Crippen LogP contribution in [0.5, 0.6) is 0 Å². The Hall–Kier alpha value is -1.62. The molecule has 0 amide bonds. The molecular weight excluding hydrogens is 309 g/mol. The average molecular weight is 315 g/mol. The Balaban J connectivity index is 2.48. The number of hydrogen-bond acceptors (Lipinski definition) is 1. The second-order valence-electron chi connectivity index (χ2n) is 3.56. The molecule has 0 spiro atoms. The highest BCUT2D eigenvalue weighted by Gasteiger charge is 2.17. The summed E-state index contributed by atoms with van der Waals surface area (Å²) in [4.78, 5) is 11.9. The Morgan fingerprint density at radius 2 is 1.72 bits per heavy atom. The zero-order chi connectivity index (χ0) is 13.3. The molecule has 0 aliphatic heterocycles. The molecule has 18 heavy (non-hydrogen) atoms. The molecule has 0 heterocycles. The summed E-state index contributed by atoms with van der Waals surface area (Å²) in [6.45, 7) is 0. The lowest BCUT2D eigenvalue weighted by Crippen LogP contribution is -2.06. The van der Waals surface area contributed by atoms with Gasteiger partial charge in [0.1, 0.15) is 5.82 Å². The minimum atomic E-state index is -1.23. The fourth-order valence-corrected chi connectivity index (χ4v) is 1.72. The lowest BCUT2D eigenvalue weighted by molar-refractivity contribution is 0.103. The van der Waals surface area contributed by atoms with E-state index in [9.17, 15) is 18.0 Å². The fourth-order valence-electron chi connectivity index (χ4n) is 1.47. The largest absolute Gasteiger partial charge is 0.288 e. The minimum absolute atomic E-state index is 0.0415. The summed E-state index contributed by atoms with van der Waals surface area (Å²) >= 11 is 2.94. The van der Waals surface area contributed by atoms with Gasteiger partial charge in [-0.3, -0.25) is 4.79 Å². The first-order valence-corrected chi connectivity index (χ1v) is 5.74. The first-order valence-electron chi connectivity index (χ1n) is 4.94. The molecule has 1 nitrogen and oxygen atoms in total. The molecule has 2 rings (SSSR count). The van der Waals surface area contributed by atoms with Crippen molar-refractivity contribution in [2.75, 3.05) is 0 Å². The number of ketones is 1. The van der Waals surface area contributed by atoms with Crippen LogP contribution in [0.3, 0.4) is 0 Å². The van der Waals surface area contributed by atoms with Crippen LogP contribution in [0.4, 0.5) is 13.2 Å². The zero-order valence-corrected chi connectivity index (χ0v) is 10.5. The van der Waals surface area contributed by atoms with Crippen LogP contribution in [0.15, 0.2) is 40.9 Å². The molecule has 2 aromatic rings. The van der Waals surface area contributed by atoms with Crippen LogP contribution < -0.4 is 0 Å². The Bertz CT molecular complexity index is 626. The Morgan fingerprint density at radius 1 is 1.00 bits per heavy atom. The van der Waals surface area contributed by atoms with Gasteiger partial charge in [-0.2, -0.15) is 0 Å². The van der Waals surface area contributed by atoms with Crippen LogP contribution in [0, 0.1) is 17.5 Å². The van der Waals surface area contributed by atoms with Gasteiger partial charge in [0, 0.05) is 5.56 Å². The maximum absolute atomic E-state index is 13.4. The highest BCUT2D eigenvalue weighted by atomic mass is 79.9. The minimum Gasteiger partial charge on any atom is -0.288 e. The summed E-state index contributed by atoms with van der Waals surface area (Å²) in [6.07, 6.45) is 0. The fraction of sp³-hybridized carbons (Fsp3) is 0. The second-order valence-corrected chi connectivity index (χ2v) is 4.41. The van der Waals surface area contributed by atoms with Crippen molar-refractivity contribution in [1.29, 1.82) is 0 Å². The third-order valence-corrected chi connectivity index (χ3v) is 3.02. The molecule has 0 atom stereocenters. The van der Waals surface area contributed by atoms with Crippen LogP contribution in [0.25, 0.3) is 0 Å². The van der Waals surface area contributed by atoms with E-state index >= 15 is 0 Å². The molecule has 0 bridgehead atoms. The molecule has 0 saturated heterocycles. The highest BCUT2D eigenvalue weighted by Crippen LogP contribution is 2.20. The van der Waals surface area contributed by atoms with Gasteiger partial charge < -0.3 is 0 Å². The van der Waals surface area contributed by atoms with Crippen molar-refractivity contribution in [3.63, 3.8) is 0 Å². The second kappa shape index (κ2) is 4.94. The molecule has 0 aromatic heterocycles. The summed E-state index contributed by atoms with van der Waals surface area (Å²) in [6, 6.07) is 6.92. The number of rotatable bonds is 2. The molecule has 2 aromatic carbocycles. The molecule has 0 radical (unpaired) electrons. The van der Waals surface area contributed by atoms with Crippen LogP contribution in [-0.2, 0) is 0 Å². The van der Waals surface area contributed by atoms with Crippen molar-refractivity contribution in [2.24, 2.45) is 0 Å². The van der Waals surface area contributed by atoms with Crippen LogP contribution in [-0.4, -0.2) is 5.78 Å². The highest BCUT2D eigenvalue weighted by molar-refractivity contribution is 9.10. The Labute approximate surface area is 109 Å². The SMILES string of the molecule is O=C(c1ccc(Br)c(F)c1)c1cccc(F)c1F. The van der Waals surface area contributed by atoms with Crippen LogP contribution in [0.2, 0.25) is 0 Å². The molecule has 0 N–H and O–H groups in total. The van der Waals surface area contributed by atoms with Crippen LogP contribution >= 0.6 is 15.9 Å². The topological polar surface area (TPSA) is 17.1 Å². The summed E-state index contributed by atoms with van der Waals surface area (Å²) in [7, 11) is 0. The van der Waals surface area contributed by atoms with E-state index in [0.717, 1.165) is 18.2 Å². The zero-order valence-electron chi connectivity index (χ0n) is 8.88. The van der Waals surface area contributed by atoms with E-state index in [0.29, 0.717) is 0 Å². The Morgan fingerprint density at radius 3 is 2.39 bits per heavy atom. The standard InChI is InChI=1S/C13H6BrF3O/c14-9-5-4-7(6-11(9)16)13(18)8-2-1-3-10(15)12(8)17/h1-6H. The van der Waals surface area contributed by atoms with Gasteiger partial charge >= 0.3 is 0 Å². The van der Waals surface area contributed by atoms with Gasteiger partial charge in [0.05, 0.1) is 10.0 Å². The quantitative estimate of drug-likeness (QED) is 0.763. The molecule has 0 saturated carbocycles. The summed E-state index contributed by atoms with van der Waals surface area (Å²) in [5, 5.41) is 0. The summed E-state index contributed by atoms with van der Waals surface area (Å²) in [5.41, 5.74) is -0.461. The maximum Gasteiger partial charge on any atom is 0.196 e. The molecule has 0 aliphatic carbocycles. The van der Waals surface area contributed by atoms with E-state index in [1.807, 2.05) is 0 Å². The summed E-state index contributed by atoms with van der Waals surface area (Å²) in [5.74, 6) is -3.75. The Kier molecular flexibility index (Phi) is 3.52. The predicted molar refractivity (Wildman–Crippen MR) is 63.9 cm³/mol. The first kappa shape index (κ1) is 12.8. The van der Waals surface area contributed by atoms with Gasteiger partial charge in [-0.25, -0.2) is 13.2 Å². The van der Waals surface area contributed by atoms with Gasteiger partial charge in [0.2, 0.25) is 0 Å². The van der Waals surface area contributed by atoms with E-state index < -0.39 is 28.8 Å². The molecule has 0 unspecified atom stereocenters. The normalized spacial score (nSPS) is 10.4. The summed E-state index contributed by atoms with van der Waals surface area (Å²) < 4.78 is 39.9. The third kappa shape index (κ3) is 2.31. The van der Waals surface area contributed by atoms with Gasteiger partial charge in [-0.05, 0) is 46.3 Å². The van der Waals surface area contributed by atoms with Crippen molar-refractivity contribution < 1.29 is 18.0 Å². The molecular formula is C13H6BrF3O. The first-order chi connectivity index (χ1) is 8.50. The molecule has 92 valence electrons. The number of benzene rings is 2. The van der Waals surface area contributed by atoms with E-state index in [-0.39, 0.29) is 10.0 Å². The average Bonchev–Trinajstić information content (AvgIpc) is 2.35. The van der Waals surface area contributed by atoms with Crippen LogP contribution in [0.1, 0.15) is 15.9 Å². The van der Waals surface area contributed by atoms with Crippen molar-refractivity contribution in [2.45, 2.75) is 0 Å². The smallest absolute Gasteiger partial charge is 0.196 e.